The van der Waals surface area contributed by atoms with Crippen LogP contribution in [0.3, 0.4) is 0 Å². The number of anilines is 1. The van der Waals surface area contributed by atoms with Gasteiger partial charge in [0.15, 0.2) is 0 Å². The molecule has 0 aromatic carbocycles. The van der Waals surface area contributed by atoms with Crippen molar-refractivity contribution < 1.29 is 4.74 Å². The summed E-state index contributed by atoms with van der Waals surface area (Å²) in [5, 5.41) is 0. The van der Waals surface area contributed by atoms with Gasteiger partial charge in [0.25, 0.3) is 0 Å². The summed E-state index contributed by atoms with van der Waals surface area (Å²) in [6, 6.07) is 1.95. The first kappa shape index (κ1) is 14.4. The van der Waals surface area contributed by atoms with Gasteiger partial charge in [0.05, 0.1) is 6.54 Å². The van der Waals surface area contributed by atoms with Gasteiger partial charge in [0.1, 0.15) is 24.0 Å². The third-order valence-electron chi connectivity index (χ3n) is 4.81. The van der Waals surface area contributed by atoms with Gasteiger partial charge >= 0.3 is 0 Å². The molecule has 3 heterocycles. The van der Waals surface area contributed by atoms with Crippen molar-refractivity contribution in [3.63, 3.8) is 0 Å². The molecule has 5 nitrogen and oxygen atoms in total. The van der Waals surface area contributed by atoms with E-state index >= 15 is 0 Å². The number of hydrogen-bond donors (Lipinski definition) is 0. The molecule has 1 saturated heterocycles. The van der Waals surface area contributed by atoms with E-state index in [-0.39, 0.29) is 6.10 Å². The zero-order valence-electron chi connectivity index (χ0n) is 13.5. The van der Waals surface area contributed by atoms with Crippen LogP contribution in [0.5, 0.6) is 5.75 Å². The quantitative estimate of drug-likeness (QED) is 0.872. The molecule has 5 heteroatoms. The highest BCUT2D eigenvalue weighted by molar-refractivity contribution is 5.50. The maximum atomic E-state index is 6.18. The smallest absolute Gasteiger partial charge is 0.135 e. The number of aromatic nitrogens is 3. The fraction of sp³-hybridized carbons (Fsp3) is 0.500. The van der Waals surface area contributed by atoms with Crippen LogP contribution in [0, 0.1) is 6.92 Å². The van der Waals surface area contributed by atoms with E-state index in [9.17, 15) is 0 Å². The Bertz CT molecular complexity index is 703. The van der Waals surface area contributed by atoms with Gasteiger partial charge in [0, 0.05) is 42.2 Å². The minimum absolute atomic E-state index is 0.213. The molecule has 23 heavy (non-hydrogen) atoms. The second-order valence-electron chi connectivity index (χ2n) is 6.45. The number of rotatable bonds is 3. The largest absolute Gasteiger partial charge is 0.488 e. The van der Waals surface area contributed by atoms with E-state index in [1.54, 1.807) is 12.5 Å². The molecule has 1 atom stereocenters. The molecule has 120 valence electrons. The van der Waals surface area contributed by atoms with Gasteiger partial charge < -0.3 is 9.64 Å². The number of fused-ring (bicyclic) bond motifs is 1. The molecule has 0 spiro atoms. The maximum Gasteiger partial charge on any atom is 0.135 e. The van der Waals surface area contributed by atoms with Crippen molar-refractivity contribution in [2.24, 2.45) is 0 Å². The highest BCUT2D eigenvalue weighted by Gasteiger charge is 2.28. The molecule has 0 radical (unpaired) electrons. The van der Waals surface area contributed by atoms with Crippen molar-refractivity contribution in [1.29, 1.82) is 0 Å². The molecule has 1 unspecified atom stereocenters. The summed E-state index contributed by atoms with van der Waals surface area (Å²) >= 11 is 0. The van der Waals surface area contributed by atoms with Gasteiger partial charge in [-0.3, -0.25) is 4.98 Å². The molecular formula is C18H22N4O. The Kier molecular flexibility index (Phi) is 3.85. The van der Waals surface area contributed by atoms with Crippen LogP contribution in [-0.2, 0) is 12.8 Å². The first-order valence-corrected chi connectivity index (χ1v) is 8.46. The predicted octanol–water partition coefficient (Wildman–Crippen LogP) is 2.72. The van der Waals surface area contributed by atoms with Crippen LogP contribution in [0.1, 0.15) is 36.1 Å². The Morgan fingerprint density at radius 2 is 2.13 bits per heavy atom. The summed E-state index contributed by atoms with van der Waals surface area (Å²) in [6.07, 6.45) is 11.3. The van der Waals surface area contributed by atoms with Gasteiger partial charge in [-0.05, 0) is 38.7 Å². The Morgan fingerprint density at radius 3 is 3.04 bits per heavy atom. The summed E-state index contributed by atoms with van der Waals surface area (Å²) in [5.41, 5.74) is 3.69. The molecule has 1 fully saturated rings. The fourth-order valence-corrected chi connectivity index (χ4v) is 3.57. The Balaban J connectivity index is 1.50. The van der Waals surface area contributed by atoms with Gasteiger partial charge in [0.2, 0.25) is 0 Å². The van der Waals surface area contributed by atoms with Crippen molar-refractivity contribution in [3.05, 3.63) is 41.6 Å². The molecule has 2 aromatic heterocycles. The Hall–Kier alpha value is -2.17. The van der Waals surface area contributed by atoms with E-state index in [0.29, 0.717) is 0 Å². The average Bonchev–Trinajstić information content (AvgIpc) is 3.05. The van der Waals surface area contributed by atoms with Crippen molar-refractivity contribution in [1.82, 2.24) is 15.0 Å². The molecule has 4 rings (SSSR count). The fourth-order valence-electron chi connectivity index (χ4n) is 3.57. The van der Waals surface area contributed by atoms with Crippen molar-refractivity contribution in [2.75, 3.05) is 18.0 Å². The minimum atomic E-state index is 0.213. The van der Waals surface area contributed by atoms with Crippen molar-refractivity contribution in [2.45, 2.75) is 45.1 Å². The lowest BCUT2D eigenvalue weighted by molar-refractivity contribution is 0.223. The molecule has 0 bridgehead atoms. The number of hydrogen-bond acceptors (Lipinski definition) is 5. The SMILES string of the molecule is Cc1cnccc1OC1CCN(c2ncnc3c2CCCC3)C1. The molecule has 1 aliphatic heterocycles. The molecule has 0 saturated carbocycles. The number of nitrogens with zero attached hydrogens (tertiary/aromatic N) is 4. The van der Waals surface area contributed by atoms with Crippen molar-refractivity contribution in [3.8, 4) is 5.75 Å². The third-order valence-corrected chi connectivity index (χ3v) is 4.81. The summed E-state index contributed by atoms with van der Waals surface area (Å²) in [4.78, 5) is 15.5. The van der Waals surface area contributed by atoms with E-state index < -0.39 is 0 Å². The second kappa shape index (κ2) is 6.14. The maximum absolute atomic E-state index is 6.18. The molecule has 2 aromatic rings. The molecule has 0 amide bonds. The van der Waals surface area contributed by atoms with Crippen LogP contribution in [0.4, 0.5) is 5.82 Å². The standard InChI is InChI=1S/C18H22N4O/c1-13-10-19-8-6-17(13)23-14-7-9-22(11-14)18-15-4-2-3-5-16(15)20-12-21-18/h6,8,10,12,14H,2-5,7,9,11H2,1H3. The lowest BCUT2D eigenvalue weighted by Gasteiger charge is -2.24. The van der Waals surface area contributed by atoms with Crippen LogP contribution >= 0.6 is 0 Å². The normalized spacial score (nSPS) is 20.4. The van der Waals surface area contributed by atoms with Gasteiger partial charge in [-0.2, -0.15) is 0 Å². The van der Waals surface area contributed by atoms with Gasteiger partial charge in [-0.1, -0.05) is 0 Å². The van der Waals surface area contributed by atoms with Crippen molar-refractivity contribution >= 4 is 5.82 Å². The zero-order chi connectivity index (χ0) is 15.6. The summed E-state index contributed by atoms with van der Waals surface area (Å²) in [6.45, 7) is 3.93. The van der Waals surface area contributed by atoms with E-state index in [2.05, 4.69) is 19.9 Å². The van der Waals surface area contributed by atoms with Crippen LogP contribution in [0.25, 0.3) is 0 Å². The Morgan fingerprint density at radius 1 is 1.22 bits per heavy atom. The van der Waals surface area contributed by atoms with Crippen LogP contribution < -0.4 is 9.64 Å². The van der Waals surface area contributed by atoms with E-state index in [0.717, 1.165) is 49.5 Å². The third kappa shape index (κ3) is 2.87. The molecule has 1 aliphatic carbocycles. The van der Waals surface area contributed by atoms with Crippen LogP contribution in [0.2, 0.25) is 0 Å². The van der Waals surface area contributed by atoms with Crippen LogP contribution in [-0.4, -0.2) is 34.1 Å². The lowest BCUT2D eigenvalue weighted by atomic mass is 9.96. The van der Waals surface area contributed by atoms with Gasteiger partial charge in [-0.25, -0.2) is 9.97 Å². The average molecular weight is 310 g/mol. The second-order valence-corrected chi connectivity index (χ2v) is 6.45. The minimum Gasteiger partial charge on any atom is -0.488 e. The van der Waals surface area contributed by atoms with E-state index in [1.165, 1.54) is 24.1 Å². The number of pyridine rings is 1. The first-order valence-electron chi connectivity index (χ1n) is 8.46. The molecule has 0 N–H and O–H groups in total. The first-order chi connectivity index (χ1) is 11.3. The lowest BCUT2D eigenvalue weighted by Crippen LogP contribution is -2.27. The summed E-state index contributed by atoms with van der Waals surface area (Å²) in [5.74, 6) is 2.07. The monoisotopic (exact) mass is 310 g/mol. The predicted molar refractivity (Wildman–Crippen MR) is 88.9 cm³/mol. The molecule has 2 aliphatic rings. The summed E-state index contributed by atoms with van der Waals surface area (Å²) < 4.78 is 6.18. The number of ether oxygens (including phenoxy) is 1. The summed E-state index contributed by atoms with van der Waals surface area (Å²) in [7, 11) is 0. The molecular weight excluding hydrogens is 288 g/mol. The highest BCUT2D eigenvalue weighted by atomic mass is 16.5. The zero-order valence-corrected chi connectivity index (χ0v) is 13.5. The van der Waals surface area contributed by atoms with E-state index in [1.807, 2.05) is 19.2 Å². The Labute approximate surface area is 136 Å². The van der Waals surface area contributed by atoms with E-state index in [4.69, 9.17) is 4.74 Å². The topological polar surface area (TPSA) is 51.1 Å². The number of aryl methyl sites for hydroxylation is 2. The highest BCUT2D eigenvalue weighted by Crippen LogP contribution is 2.30. The van der Waals surface area contributed by atoms with Gasteiger partial charge in [-0.15, -0.1) is 0 Å². The van der Waals surface area contributed by atoms with Crippen LogP contribution in [0.15, 0.2) is 24.8 Å².